The molecule has 3 heterocycles. The monoisotopic (exact) mass is 969 g/mol. The van der Waals surface area contributed by atoms with E-state index in [1.807, 2.05) is 13.8 Å². The van der Waals surface area contributed by atoms with E-state index in [0.717, 1.165) is 4.90 Å². The minimum absolute atomic E-state index is 0.0271. The lowest BCUT2D eigenvalue weighted by Crippen LogP contribution is -2.61. The molecule has 10 atom stereocenters. The number of carbonyl (C=O) groups is 10. The lowest BCUT2D eigenvalue weighted by molar-refractivity contribution is -0.153. The van der Waals surface area contributed by atoms with Gasteiger partial charge in [0.05, 0.1) is 18.6 Å². The SMILES string of the molecule is CSCC[C@H](NC(=O)[C@H](C)NC(=O)[C@H](CCCCN)NC(=O)[C@@H](N)CC(C)C)C(=O)N[C@@H](CC(=O)O)C(=O)N1CCC[C@H]1C(=O)N[C@H](C(=O)N1CCC[C@H]1C(=O)N1CCC[C@H]1C(=O)O)[C@@H](C)O. The van der Waals surface area contributed by atoms with E-state index in [1.165, 1.54) is 35.4 Å². The minimum atomic E-state index is -1.71. The van der Waals surface area contributed by atoms with Gasteiger partial charge in [0, 0.05) is 19.6 Å². The van der Waals surface area contributed by atoms with E-state index in [0.29, 0.717) is 44.4 Å². The molecule has 0 radical (unpaired) electrons. The van der Waals surface area contributed by atoms with Gasteiger partial charge in [0.2, 0.25) is 47.3 Å². The van der Waals surface area contributed by atoms with Crippen LogP contribution in [0.15, 0.2) is 0 Å². The predicted octanol–water partition coefficient (Wildman–Crippen LogP) is -2.40. The number of likely N-dealkylation sites (tertiary alicyclic amines) is 3. The molecule has 0 aliphatic carbocycles. The van der Waals surface area contributed by atoms with Gasteiger partial charge in [0.25, 0.3) is 0 Å². The van der Waals surface area contributed by atoms with Crippen LogP contribution in [0.25, 0.3) is 0 Å². The topological polar surface area (TPSA) is 353 Å². The Morgan fingerprint density at radius 3 is 1.76 bits per heavy atom. The first kappa shape index (κ1) is 56.3. The van der Waals surface area contributed by atoms with Crippen molar-refractivity contribution in [2.75, 3.05) is 38.2 Å². The third-order valence-electron chi connectivity index (χ3n) is 12.2. The zero-order valence-electron chi connectivity index (χ0n) is 39.2. The lowest BCUT2D eigenvalue weighted by Gasteiger charge is -2.34. The molecule has 3 rings (SSSR count). The van der Waals surface area contributed by atoms with Crippen molar-refractivity contribution < 1.29 is 63.3 Å². The highest BCUT2D eigenvalue weighted by Crippen LogP contribution is 2.27. The van der Waals surface area contributed by atoms with Crippen LogP contribution in [0.4, 0.5) is 0 Å². The summed E-state index contributed by atoms with van der Waals surface area (Å²) in [7, 11) is 0. The van der Waals surface area contributed by atoms with Crippen LogP contribution in [0.2, 0.25) is 0 Å². The fourth-order valence-electron chi connectivity index (χ4n) is 8.57. The molecule has 8 amide bonds. The van der Waals surface area contributed by atoms with Crippen molar-refractivity contribution in [2.45, 2.75) is 165 Å². The zero-order valence-corrected chi connectivity index (χ0v) is 40.0. The molecule has 24 heteroatoms. The summed E-state index contributed by atoms with van der Waals surface area (Å²) in [6, 6.07) is -11.0. The van der Waals surface area contributed by atoms with Crippen molar-refractivity contribution in [3.05, 3.63) is 0 Å². The molecule has 0 aromatic heterocycles. The van der Waals surface area contributed by atoms with Crippen LogP contribution in [-0.2, 0) is 47.9 Å². The van der Waals surface area contributed by atoms with E-state index in [4.69, 9.17) is 11.5 Å². The molecule has 23 nitrogen and oxygen atoms in total. The molecule has 0 bridgehead atoms. The number of unbranched alkanes of at least 4 members (excludes halogenated alkanes) is 1. The summed E-state index contributed by atoms with van der Waals surface area (Å²) in [6.07, 6.45) is 2.86. The van der Waals surface area contributed by atoms with E-state index < -0.39 is 126 Å². The molecule has 3 aliphatic heterocycles. The predicted molar refractivity (Wildman–Crippen MR) is 244 cm³/mol. The number of nitrogens with zero attached hydrogens (tertiary/aromatic N) is 3. The van der Waals surface area contributed by atoms with Crippen molar-refractivity contribution in [1.82, 2.24) is 41.3 Å². The number of hydrogen-bond donors (Lipinski definition) is 10. The summed E-state index contributed by atoms with van der Waals surface area (Å²) < 4.78 is 0. The second-order valence-corrected chi connectivity index (χ2v) is 18.9. The smallest absolute Gasteiger partial charge is 0.326 e. The Bertz CT molecular complexity index is 1790. The highest BCUT2D eigenvalue weighted by Gasteiger charge is 2.46. The first-order valence-electron chi connectivity index (χ1n) is 23.1. The molecule has 0 aromatic carbocycles. The standard InChI is InChI=1S/C43H72N10O13S/c1-23(2)21-26(45)36(58)48-27(11-6-7-16-44)37(59)46-24(3)35(57)47-28(15-20-67-5)38(60)49-29(22-33(55)56)40(62)51-17-8-12-30(51)39(61)50-34(25(4)54)42(64)52-18-9-13-31(52)41(63)53-19-10-14-32(53)43(65)66/h23-32,34,54H,6-22,44-45H2,1-5H3,(H,46,59)(H,47,57)(H,48,58)(H,49,60)(H,50,61)(H,55,56)(H,65,66)/t24-,25+,26-,27-,28-,29-,30-,31-,32-,34-/m0/s1. The number of carboxylic acids is 2. The summed E-state index contributed by atoms with van der Waals surface area (Å²) >= 11 is 1.34. The van der Waals surface area contributed by atoms with E-state index >= 15 is 0 Å². The van der Waals surface area contributed by atoms with Crippen molar-refractivity contribution in [3.8, 4) is 0 Å². The molecule has 0 spiro atoms. The number of carboxylic acid groups (broad SMARTS) is 2. The molecule has 0 unspecified atom stereocenters. The molecule has 378 valence electrons. The molecular weight excluding hydrogens is 897 g/mol. The molecule has 12 N–H and O–H groups in total. The number of aliphatic hydroxyl groups is 1. The van der Waals surface area contributed by atoms with Gasteiger partial charge in [-0.25, -0.2) is 4.79 Å². The van der Waals surface area contributed by atoms with E-state index in [2.05, 4.69) is 26.6 Å². The number of rotatable bonds is 26. The highest BCUT2D eigenvalue weighted by molar-refractivity contribution is 7.98. The van der Waals surface area contributed by atoms with Gasteiger partial charge < -0.3 is 68.1 Å². The van der Waals surface area contributed by atoms with Gasteiger partial charge in [-0.1, -0.05) is 13.8 Å². The molecule has 3 aliphatic rings. The minimum Gasteiger partial charge on any atom is -0.481 e. The maximum Gasteiger partial charge on any atom is 0.326 e. The highest BCUT2D eigenvalue weighted by atomic mass is 32.2. The van der Waals surface area contributed by atoms with E-state index in [9.17, 15) is 63.3 Å². The number of aliphatic carboxylic acids is 2. The Morgan fingerprint density at radius 2 is 1.19 bits per heavy atom. The van der Waals surface area contributed by atoms with Gasteiger partial charge in [0.15, 0.2) is 0 Å². The molecule has 0 aromatic rings. The Hall–Kier alpha value is -5.07. The van der Waals surface area contributed by atoms with Crippen LogP contribution in [0.1, 0.15) is 105 Å². The molecule has 67 heavy (non-hydrogen) atoms. The lowest BCUT2D eigenvalue weighted by atomic mass is 10.0. The zero-order chi connectivity index (χ0) is 50.1. The van der Waals surface area contributed by atoms with Crippen LogP contribution in [0.5, 0.6) is 0 Å². The fraction of sp³-hybridized carbons (Fsp3) is 0.767. The summed E-state index contributed by atoms with van der Waals surface area (Å²) in [4.78, 5) is 136. The second-order valence-electron chi connectivity index (χ2n) is 17.9. The van der Waals surface area contributed by atoms with Gasteiger partial charge in [-0.15, -0.1) is 0 Å². The first-order chi connectivity index (χ1) is 31.6. The largest absolute Gasteiger partial charge is 0.481 e. The molecule has 3 fully saturated rings. The Labute approximate surface area is 395 Å². The van der Waals surface area contributed by atoms with Crippen molar-refractivity contribution >= 4 is 71.0 Å². The van der Waals surface area contributed by atoms with Crippen LogP contribution in [0.3, 0.4) is 0 Å². The van der Waals surface area contributed by atoms with Crippen molar-refractivity contribution in [1.29, 1.82) is 0 Å². The third-order valence-corrected chi connectivity index (χ3v) is 12.8. The molecule has 0 saturated carbocycles. The third kappa shape index (κ3) is 16.3. The summed E-state index contributed by atoms with van der Waals surface area (Å²) in [5.74, 6) is -8.15. The molecule has 3 saturated heterocycles. The Balaban J connectivity index is 1.73. The maximum absolute atomic E-state index is 14.1. The number of amides is 8. The van der Waals surface area contributed by atoms with Crippen LogP contribution in [-0.4, -0.2) is 188 Å². The first-order valence-corrected chi connectivity index (χ1v) is 24.5. The number of carbonyl (C=O) groups excluding carboxylic acids is 8. The van der Waals surface area contributed by atoms with Crippen molar-refractivity contribution in [2.24, 2.45) is 17.4 Å². The summed E-state index contributed by atoms with van der Waals surface area (Å²) in [5, 5.41) is 42.9. The number of nitrogens with one attached hydrogen (secondary N) is 5. The fourth-order valence-corrected chi connectivity index (χ4v) is 9.04. The van der Waals surface area contributed by atoms with Crippen LogP contribution >= 0.6 is 11.8 Å². The van der Waals surface area contributed by atoms with Gasteiger partial charge in [-0.05, 0) is 109 Å². The van der Waals surface area contributed by atoms with Gasteiger partial charge >= 0.3 is 11.9 Å². The summed E-state index contributed by atoms with van der Waals surface area (Å²) in [6.45, 7) is 7.09. The quantitative estimate of drug-likeness (QED) is 0.0404. The number of hydrogen-bond acceptors (Lipinski definition) is 14. The van der Waals surface area contributed by atoms with Gasteiger partial charge in [0.1, 0.15) is 48.3 Å². The van der Waals surface area contributed by atoms with Gasteiger partial charge in [-0.2, -0.15) is 11.8 Å². The molecular formula is C43H72N10O13S. The van der Waals surface area contributed by atoms with Crippen molar-refractivity contribution in [3.63, 3.8) is 0 Å². The van der Waals surface area contributed by atoms with Crippen LogP contribution < -0.4 is 38.1 Å². The van der Waals surface area contributed by atoms with E-state index in [-0.39, 0.29) is 64.1 Å². The second kappa shape index (κ2) is 27.1. The van der Waals surface area contributed by atoms with Crippen LogP contribution in [0, 0.1) is 5.92 Å². The summed E-state index contributed by atoms with van der Waals surface area (Å²) in [5.41, 5.74) is 11.7. The Kier molecular flexibility index (Phi) is 22.7. The average Bonchev–Trinajstić information content (AvgIpc) is 4.07. The Morgan fingerprint density at radius 1 is 0.657 bits per heavy atom. The average molecular weight is 969 g/mol. The van der Waals surface area contributed by atoms with E-state index in [1.54, 1.807) is 6.26 Å². The normalized spacial score (nSPS) is 21.3. The maximum atomic E-state index is 14.1. The number of thioether (sulfide) groups is 1. The number of aliphatic hydroxyl groups excluding tert-OH is 1. The van der Waals surface area contributed by atoms with Gasteiger partial charge in [-0.3, -0.25) is 43.2 Å². The number of nitrogens with two attached hydrogens (primary N) is 2.